The Morgan fingerprint density at radius 1 is 1.21 bits per heavy atom. The lowest BCUT2D eigenvalue weighted by molar-refractivity contribution is -0.116. The van der Waals surface area contributed by atoms with Crippen molar-refractivity contribution >= 4 is 22.6 Å². The van der Waals surface area contributed by atoms with Gasteiger partial charge in [0.15, 0.2) is 5.65 Å². The number of carbonyl (C=O) groups excluding carboxylic acids is 1. The van der Waals surface area contributed by atoms with Gasteiger partial charge in [-0.05, 0) is 56.3 Å². The largest absolute Gasteiger partial charge is 0.494 e. The van der Waals surface area contributed by atoms with Gasteiger partial charge in [-0.25, -0.2) is 9.67 Å². The molecule has 7 nitrogen and oxygen atoms in total. The summed E-state index contributed by atoms with van der Waals surface area (Å²) in [5, 5.41) is 8.27. The monoisotopic (exact) mass is 376 g/mol. The van der Waals surface area contributed by atoms with Gasteiger partial charge < -0.3 is 14.5 Å². The molecule has 0 bridgehead atoms. The second kappa shape index (κ2) is 7.56. The fraction of sp³-hybridized carbons (Fsp3) is 0.190. The van der Waals surface area contributed by atoms with Gasteiger partial charge in [-0.15, -0.1) is 0 Å². The Morgan fingerprint density at radius 2 is 2.04 bits per heavy atom. The zero-order chi connectivity index (χ0) is 19.5. The van der Waals surface area contributed by atoms with Crippen LogP contribution in [-0.2, 0) is 11.3 Å². The number of nitrogens with one attached hydrogen (secondary N) is 1. The third kappa shape index (κ3) is 3.46. The average molecular weight is 376 g/mol. The fourth-order valence-corrected chi connectivity index (χ4v) is 3.17. The number of furan rings is 1. The molecule has 0 unspecified atom stereocenters. The van der Waals surface area contributed by atoms with Crippen molar-refractivity contribution in [2.24, 2.45) is 0 Å². The minimum atomic E-state index is -0.182. The third-order valence-electron chi connectivity index (χ3n) is 4.34. The van der Waals surface area contributed by atoms with Crippen LogP contribution in [-0.4, -0.2) is 27.3 Å². The van der Waals surface area contributed by atoms with Gasteiger partial charge >= 0.3 is 0 Å². The van der Waals surface area contributed by atoms with E-state index in [0.717, 1.165) is 28.2 Å². The maximum Gasteiger partial charge on any atom is 0.246 e. The molecule has 0 radical (unpaired) electrons. The normalized spacial score (nSPS) is 10.9. The number of hydrogen-bond acceptors (Lipinski definition) is 5. The molecule has 0 aliphatic carbocycles. The quantitative estimate of drug-likeness (QED) is 0.549. The van der Waals surface area contributed by atoms with E-state index in [0.29, 0.717) is 17.9 Å². The summed E-state index contributed by atoms with van der Waals surface area (Å²) in [5.41, 5.74) is 3.05. The highest BCUT2D eigenvalue weighted by Crippen LogP contribution is 2.30. The van der Waals surface area contributed by atoms with E-state index in [2.05, 4.69) is 15.4 Å². The van der Waals surface area contributed by atoms with E-state index < -0.39 is 0 Å². The molecule has 0 fully saturated rings. The number of ether oxygens (including phenoxy) is 1. The highest BCUT2D eigenvalue weighted by molar-refractivity contribution is 5.95. The molecule has 3 heterocycles. The van der Waals surface area contributed by atoms with Crippen LogP contribution < -0.4 is 10.1 Å². The number of rotatable bonds is 6. The number of nitrogens with zero attached hydrogens (tertiary/aromatic N) is 3. The predicted octanol–water partition coefficient (Wildman–Crippen LogP) is 4.04. The molecule has 0 saturated heterocycles. The smallest absolute Gasteiger partial charge is 0.246 e. The Hall–Kier alpha value is -3.61. The van der Waals surface area contributed by atoms with Gasteiger partial charge in [-0.1, -0.05) is 0 Å². The molecule has 4 aromatic rings. The summed E-state index contributed by atoms with van der Waals surface area (Å²) < 4.78 is 12.5. The van der Waals surface area contributed by atoms with Crippen molar-refractivity contribution in [3.8, 4) is 17.1 Å². The van der Waals surface area contributed by atoms with Crippen LogP contribution >= 0.6 is 0 Å². The molecule has 3 aromatic heterocycles. The van der Waals surface area contributed by atoms with Crippen LogP contribution in [0.2, 0.25) is 0 Å². The number of carbonyl (C=O) groups is 1. The first kappa shape index (κ1) is 17.8. The van der Waals surface area contributed by atoms with Gasteiger partial charge in [0.2, 0.25) is 5.91 Å². The first-order chi connectivity index (χ1) is 13.7. The number of fused-ring (bicyclic) bond motifs is 1. The lowest BCUT2D eigenvalue weighted by atomic mass is 10.1. The summed E-state index contributed by atoms with van der Waals surface area (Å²) >= 11 is 0. The minimum absolute atomic E-state index is 0.0617. The van der Waals surface area contributed by atoms with Gasteiger partial charge in [0.1, 0.15) is 18.1 Å². The molecule has 7 heteroatoms. The highest BCUT2D eigenvalue weighted by Gasteiger charge is 2.17. The van der Waals surface area contributed by atoms with E-state index in [-0.39, 0.29) is 12.5 Å². The molecule has 1 N–H and O–H groups in total. The topological polar surface area (TPSA) is 82.2 Å². The molecule has 0 aliphatic heterocycles. The molecule has 1 aromatic carbocycles. The molecular weight excluding hydrogens is 356 g/mol. The zero-order valence-electron chi connectivity index (χ0n) is 15.7. The van der Waals surface area contributed by atoms with E-state index >= 15 is 0 Å². The molecule has 1 amide bonds. The molecular formula is C21H20N4O3. The molecule has 0 atom stereocenters. The average Bonchev–Trinajstić information content (AvgIpc) is 3.33. The molecule has 142 valence electrons. The van der Waals surface area contributed by atoms with E-state index in [1.807, 2.05) is 56.3 Å². The Bertz CT molecular complexity index is 1100. The summed E-state index contributed by atoms with van der Waals surface area (Å²) in [6.07, 6.45) is 3.33. The summed E-state index contributed by atoms with van der Waals surface area (Å²) in [5.74, 6) is 1.33. The predicted molar refractivity (Wildman–Crippen MR) is 106 cm³/mol. The number of pyridine rings is 1. The van der Waals surface area contributed by atoms with Crippen LogP contribution in [0.25, 0.3) is 22.4 Å². The maximum atomic E-state index is 12.5. The van der Waals surface area contributed by atoms with Crippen LogP contribution in [0.4, 0.5) is 5.69 Å². The fourth-order valence-electron chi connectivity index (χ4n) is 3.17. The molecule has 0 spiro atoms. The summed E-state index contributed by atoms with van der Waals surface area (Å²) in [6.45, 7) is 4.49. The van der Waals surface area contributed by atoms with Crippen molar-refractivity contribution in [1.29, 1.82) is 0 Å². The van der Waals surface area contributed by atoms with Gasteiger partial charge in [0.25, 0.3) is 0 Å². The van der Waals surface area contributed by atoms with Crippen LogP contribution in [0, 0.1) is 6.92 Å². The van der Waals surface area contributed by atoms with Crippen molar-refractivity contribution in [2.75, 3.05) is 11.9 Å². The Balaban J connectivity index is 1.56. The van der Waals surface area contributed by atoms with E-state index in [1.165, 1.54) is 0 Å². The van der Waals surface area contributed by atoms with Gasteiger partial charge in [-0.3, -0.25) is 4.79 Å². The van der Waals surface area contributed by atoms with Crippen molar-refractivity contribution in [3.05, 3.63) is 60.6 Å². The standard InChI is InChI=1S/C21H20N4O3/c1-3-27-16-8-6-15(7-9-16)23-19(26)13-25-21-20(14(2)24-25)17(10-11-22-21)18-5-4-12-28-18/h4-12H,3,13H2,1-2H3,(H,23,26). The van der Waals surface area contributed by atoms with E-state index in [1.54, 1.807) is 17.1 Å². The number of benzene rings is 1. The summed E-state index contributed by atoms with van der Waals surface area (Å²) in [7, 11) is 0. The minimum Gasteiger partial charge on any atom is -0.494 e. The molecule has 28 heavy (non-hydrogen) atoms. The molecule has 0 saturated carbocycles. The number of amides is 1. The lowest BCUT2D eigenvalue weighted by Gasteiger charge is -2.08. The van der Waals surface area contributed by atoms with Crippen molar-refractivity contribution in [1.82, 2.24) is 14.8 Å². The number of anilines is 1. The maximum absolute atomic E-state index is 12.5. The number of aromatic nitrogens is 3. The Labute approximate surface area is 161 Å². The van der Waals surface area contributed by atoms with Gasteiger partial charge in [0, 0.05) is 17.4 Å². The highest BCUT2D eigenvalue weighted by atomic mass is 16.5. The Kier molecular flexibility index (Phi) is 4.80. The van der Waals surface area contributed by atoms with Crippen molar-refractivity contribution in [3.63, 3.8) is 0 Å². The van der Waals surface area contributed by atoms with Crippen LogP contribution in [0.1, 0.15) is 12.6 Å². The van der Waals surface area contributed by atoms with Crippen LogP contribution in [0.15, 0.2) is 59.3 Å². The van der Waals surface area contributed by atoms with E-state index in [4.69, 9.17) is 9.15 Å². The molecule has 0 aliphatic rings. The SMILES string of the molecule is CCOc1ccc(NC(=O)Cn2nc(C)c3c(-c4ccco4)ccnc32)cc1. The lowest BCUT2D eigenvalue weighted by Crippen LogP contribution is -2.19. The third-order valence-corrected chi connectivity index (χ3v) is 4.34. The first-order valence-electron chi connectivity index (χ1n) is 9.04. The summed E-state index contributed by atoms with van der Waals surface area (Å²) in [4.78, 5) is 16.9. The number of aryl methyl sites for hydroxylation is 1. The van der Waals surface area contributed by atoms with Crippen molar-refractivity contribution < 1.29 is 13.9 Å². The first-order valence-corrected chi connectivity index (χ1v) is 9.04. The second-order valence-corrected chi connectivity index (χ2v) is 6.28. The zero-order valence-corrected chi connectivity index (χ0v) is 15.7. The van der Waals surface area contributed by atoms with Crippen molar-refractivity contribution in [2.45, 2.75) is 20.4 Å². The number of hydrogen-bond donors (Lipinski definition) is 1. The van der Waals surface area contributed by atoms with Crippen LogP contribution in [0.5, 0.6) is 5.75 Å². The van der Waals surface area contributed by atoms with Gasteiger partial charge in [0.05, 0.1) is 24.0 Å². The Morgan fingerprint density at radius 3 is 2.75 bits per heavy atom. The summed E-state index contributed by atoms with van der Waals surface area (Å²) in [6, 6.07) is 12.9. The van der Waals surface area contributed by atoms with Gasteiger partial charge in [-0.2, -0.15) is 5.10 Å². The van der Waals surface area contributed by atoms with E-state index in [9.17, 15) is 4.79 Å². The second-order valence-electron chi connectivity index (χ2n) is 6.28. The van der Waals surface area contributed by atoms with Crippen LogP contribution in [0.3, 0.4) is 0 Å². The molecule has 4 rings (SSSR count).